The summed E-state index contributed by atoms with van der Waals surface area (Å²) >= 11 is -1.44. The Morgan fingerprint density at radius 1 is 1.08 bits per heavy atom. The van der Waals surface area contributed by atoms with Crippen LogP contribution in [-0.2, 0) is 4.33 Å². The maximum absolute atomic E-state index is 12.2. The summed E-state index contributed by atoms with van der Waals surface area (Å²) in [5, 5.41) is 2.23. The molecule has 80 valence electrons. The molecule has 0 fully saturated rings. The van der Waals surface area contributed by atoms with Crippen molar-refractivity contribution in [1.82, 2.24) is 0 Å². The molecule has 0 atom stereocenters. The molecule has 0 rings (SSSR count). The van der Waals surface area contributed by atoms with Gasteiger partial charge in [-0.05, 0) is 0 Å². The topological polar surface area (TPSA) is 29.5 Å². The smallest absolute Gasteiger partial charge is 0.239 e. The molecular formula is C4H4F6O2S. The molecule has 0 spiro atoms. The van der Waals surface area contributed by atoms with Crippen molar-refractivity contribution in [3.8, 4) is 0 Å². The van der Waals surface area contributed by atoms with Crippen molar-refractivity contribution in [1.29, 1.82) is 0 Å². The van der Waals surface area contributed by atoms with E-state index in [1.54, 1.807) is 0 Å². The van der Waals surface area contributed by atoms with Crippen LogP contribution in [0.25, 0.3) is 0 Å². The Kier molecular flexibility index (Phi) is 3.50. The first-order valence-corrected chi connectivity index (χ1v) is 3.43. The zero-order valence-electron chi connectivity index (χ0n) is 6.03. The van der Waals surface area contributed by atoms with Crippen LogP contribution >= 0.6 is 12.0 Å². The van der Waals surface area contributed by atoms with Crippen LogP contribution in [0, 0.1) is 0 Å². The molecule has 0 amide bonds. The molecule has 0 aromatic carbocycles. The van der Waals surface area contributed by atoms with Crippen molar-refractivity contribution < 1.29 is 35.9 Å². The van der Waals surface area contributed by atoms with Gasteiger partial charge in [0.05, 0.1) is 0 Å². The van der Waals surface area contributed by atoms with Crippen molar-refractivity contribution in [2.75, 3.05) is 0 Å². The molecule has 0 unspecified atom stereocenters. The van der Waals surface area contributed by atoms with Crippen molar-refractivity contribution in [3.05, 3.63) is 0 Å². The average Bonchev–Trinajstić information content (AvgIpc) is 1.84. The van der Waals surface area contributed by atoms with E-state index in [0.717, 1.165) is 0 Å². The number of hydrogen-bond acceptors (Lipinski definition) is 3. The Hall–Kier alpha value is -0.150. The number of rotatable bonds is 4. The molecule has 0 heterocycles. The van der Waals surface area contributed by atoms with E-state index in [0.29, 0.717) is 0 Å². The second kappa shape index (κ2) is 3.54. The van der Waals surface area contributed by atoms with Crippen LogP contribution in [0.3, 0.4) is 0 Å². The molecule has 0 saturated heterocycles. The van der Waals surface area contributed by atoms with Gasteiger partial charge < -0.3 is 0 Å². The second-order valence-corrected chi connectivity index (χ2v) is 2.97. The fraction of sp³-hybridized carbons (Fsp3) is 1.00. The van der Waals surface area contributed by atoms with Crippen LogP contribution in [-0.4, -0.2) is 22.4 Å². The molecule has 1 N–H and O–H groups in total. The summed E-state index contributed by atoms with van der Waals surface area (Å²) in [7, 11) is 0. The highest BCUT2D eigenvalue weighted by Crippen LogP contribution is 2.50. The van der Waals surface area contributed by atoms with Gasteiger partial charge in [0.2, 0.25) is 0 Å². The van der Waals surface area contributed by atoms with Crippen molar-refractivity contribution in [3.63, 3.8) is 0 Å². The van der Waals surface area contributed by atoms with Crippen LogP contribution in [0.1, 0.15) is 6.92 Å². The summed E-state index contributed by atoms with van der Waals surface area (Å²) in [6.07, 6.45) is 0. The Labute approximate surface area is 73.0 Å². The lowest BCUT2D eigenvalue weighted by Gasteiger charge is -2.28. The minimum atomic E-state index is -5.60. The van der Waals surface area contributed by atoms with E-state index in [1.807, 2.05) is 0 Å². The minimum Gasteiger partial charge on any atom is -0.239 e. The van der Waals surface area contributed by atoms with E-state index in [1.165, 1.54) is 0 Å². The first kappa shape index (κ1) is 12.8. The van der Waals surface area contributed by atoms with E-state index >= 15 is 0 Å². The summed E-state index contributed by atoms with van der Waals surface area (Å²) in [6, 6.07) is 0. The molecule has 2 nitrogen and oxygen atoms in total. The van der Waals surface area contributed by atoms with Crippen LogP contribution < -0.4 is 0 Å². The third kappa shape index (κ3) is 2.41. The molecule has 13 heavy (non-hydrogen) atoms. The highest BCUT2D eigenvalue weighted by Gasteiger charge is 2.70. The minimum absolute atomic E-state index is 0.362. The van der Waals surface area contributed by atoms with E-state index < -0.39 is 29.1 Å². The van der Waals surface area contributed by atoms with Gasteiger partial charge in [-0.1, -0.05) is 0 Å². The Morgan fingerprint density at radius 3 is 1.69 bits per heavy atom. The van der Waals surface area contributed by atoms with E-state index in [4.69, 9.17) is 5.26 Å². The SMILES string of the molecule is CC(F)(F)C(F)(F)C(F)(F)SOO. The normalized spacial score (nSPS) is 14.8. The average molecular weight is 230 g/mol. The lowest BCUT2D eigenvalue weighted by Crippen LogP contribution is -2.50. The summed E-state index contributed by atoms with van der Waals surface area (Å²) in [5.41, 5.74) is 0. The maximum atomic E-state index is 12.2. The highest BCUT2D eigenvalue weighted by molar-refractivity contribution is 7.95. The number of halogens is 6. The lowest BCUT2D eigenvalue weighted by molar-refractivity contribution is -0.273. The predicted molar refractivity (Wildman–Crippen MR) is 31.8 cm³/mol. The zero-order valence-corrected chi connectivity index (χ0v) is 6.85. The van der Waals surface area contributed by atoms with Crippen LogP contribution in [0.2, 0.25) is 0 Å². The lowest BCUT2D eigenvalue weighted by atomic mass is 10.2. The molecule has 0 radical (unpaired) electrons. The monoisotopic (exact) mass is 230 g/mol. The molecule has 0 aromatic rings. The quantitative estimate of drug-likeness (QED) is 0.348. The predicted octanol–water partition coefficient (Wildman–Crippen LogP) is 3.01. The van der Waals surface area contributed by atoms with E-state index in [9.17, 15) is 26.3 Å². The van der Waals surface area contributed by atoms with Gasteiger partial charge in [0.15, 0.2) is 0 Å². The highest BCUT2D eigenvalue weighted by atomic mass is 32.2. The molecule has 9 heteroatoms. The Bertz CT molecular complexity index is 178. The van der Waals surface area contributed by atoms with Gasteiger partial charge in [0.1, 0.15) is 12.0 Å². The zero-order chi connectivity index (χ0) is 10.9. The summed E-state index contributed by atoms with van der Waals surface area (Å²) < 4.78 is 75.2. The van der Waals surface area contributed by atoms with Gasteiger partial charge in [-0.3, -0.25) is 0 Å². The van der Waals surface area contributed by atoms with Crippen molar-refractivity contribution >= 4 is 12.0 Å². The van der Waals surface area contributed by atoms with Gasteiger partial charge in [0.25, 0.3) is 0 Å². The third-order valence-electron chi connectivity index (χ3n) is 1.06. The molecular weight excluding hydrogens is 226 g/mol. The number of hydrogen-bond donors (Lipinski definition) is 1. The molecule has 0 bridgehead atoms. The number of alkyl halides is 6. The molecule has 0 saturated carbocycles. The Morgan fingerprint density at radius 2 is 1.46 bits per heavy atom. The van der Waals surface area contributed by atoms with Gasteiger partial charge in [0, 0.05) is 6.92 Å². The fourth-order valence-electron chi connectivity index (χ4n) is 0.355. The van der Waals surface area contributed by atoms with Gasteiger partial charge in [-0.15, -0.1) is 0 Å². The molecule has 0 aliphatic rings. The Balaban J connectivity index is 4.81. The summed E-state index contributed by atoms with van der Waals surface area (Å²) in [4.78, 5) is 0. The largest absolute Gasteiger partial charge is 0.389 e. The summed E-state index contributed by atoms with van der Waals surface area (Å²) in [5.74, 6) is -10.5. The maximum Gasteiger partial charge on any atom is 0.389 e. The van der Waals surface area contributed by atoms with Gasteiger partial charge in [-0.2, -0.15) is 30.7 Å². The molecule has 0 aromatic heterocycles. The molecule has 0 aliphatic heterocycles. The standard InChI is InChI=1S/C4H4F6O2S/c1-2(5,6)3(7,8)4(9,10)13-12-11/h11H,1H3. The van der Waals surface area contributed by atoms with Crippen LogP contribution in [0.4, 0.5) is 26.3 Å². The van der Waals surface area contributed by atoms with Crippen LogP contribution in [0.5, 0.6) is 0 Å². The third-order valence-corrected chi connectivity index (χ3v) is 1.60. The van der Waals surface area contributed by atoms with E-state index in [-0.39, 0.29) is 6.92 Å². The van der Waals surface area contributed by atoms with Gasteiger partial charge >= 0.3 is 17.1 Å². The molecule has 0 aliphatic carbocycles. The van der Waals surface area contributed by atoms with Crippen molar-refractivity contribution in [2.45, 2.75) is 24.0 Å². The second-order valence-electron chi connectivity index (χ2n) is 2.14. The summed E-state index contributed by atoms with van der Waals surface area (Å²) in [6.45, 7) is -0.362. The fourth-order valence-corrected chi connectivity index (χ4v) is 0.732. The van der Waals surface area contributed by atoms with Gasteiger partial charge in [-0.25, -0.2) is 5.26 Å². The first-order chi connectivity index (χ1) is 5.56. The van der Waals surface area contributed by atoms with Crippen LogP contribution in [0.15, 0.2) is 0 Å². The van der Waals surface area contributed by atoms with E-state index in [2.05, 4.69) is 4.33 Å². The first-order valence-electron chi connectivity index (χ1n) is 2.69. The van der Waals surface area contributed by atoms with Crippen molar-refractivity contribution in [2.24, 2.45) is 0 Å².